The molecule has 1 amide bonds. The highest BCUT2D eigenvalue weighted by atomic mass is 35.5. The van der Waals surface area contributed by atoms with Gasteiger partial charge in [-0.3, -0.25) is 9.69 Å². The quantitative estimate of drug-likeness (QED) is 0.805. The molecular formula is C21H33ClN4O2. The van der Waals surface area contributed by atoms with Gasteiger partial charge in [-0.15, -0.1) is 0 Å². The van der Waals surface area contributed by atoms with E-state index in [2.05, 4.69) is 42.9 Å². The van der Waals surface area contributed by atoms with Crippen LogP contribution in [0.3, 0.4) is 0 Å². The number of rotatable bonds is 5. The van der Waals surface area contributed by atoms with Crippen LogP contribution in [0.5, 0.6) is 0 Å². The second-order valence-electron chi connectivity index (χ2n) is 8.74. The normalized spacial score (nSPS) is 24.2. The number of likely N-dealkylation sites (tertiary alicyclic amines) is 1. The minimum absolute atomic E-state index is 0.0253. The van der Waals surface area contributed by atoms with Crippen molar-refractivity contribution in [3.63, 3.8) is 0 Å². The van der Waals surface area contributed by atoms with Gasteiger partial charge in [-0.05, 0) is 53.0 Å². The van der Waals surface area contributed by atoms with Gasteiger partial charge in [-0.25, -0.2) is 4.98 Å². The van der Waals surface area contributed by atoms with Crippen molar-refractivity contribution in [1.29, 1.82) is 0 Å². The van der Waals surface area contributed by atoms with Gasteiger partial charge < -0.3 is 15.0 Å². The largest absolute Gasteiger partial charge is 0.373 e. The molecule has 7 heteroatoms. The Balaban J connectivity index is 1.62. The molecule has 2 unspecified atom stereocenters. The van der Waals surface area contributed by atoms with Crippen LogP contribution in [0.2, 0.25) is 5.02 Å². The van der Waals surface area contributed by atoms with E-state index in [0.717, 1.165) is 39.0 Å². The first-order valence-electron chi connectivity index (χ1n) is 10.4. The molecule has 2 aliphatic heterocycles. The van der Waals surface area contributed by atoms with Crippen molar-refractivity contribution in [2.75, 3.05) is 38.0 Å². The van der Waals surface area contributed by atoms with Crippen LogP contribution in [-0.4, -0.2) is 71.2 Å². The van der Waals surface area contributed by atoms with Crippen LogP contribution in [-0.2, 0) is 4.74 Å². The minimum atomic E-state index is -0.0698. The van der Waals surface area contributed by atoms with Crippen LogP contribution in [0, 0.1) is 0 Å². The maximum atomic E-state index is 12.6. The second-order valence-corrected chi connectivity index (χ2v) is 9.14. The molecule has 2 atom stereocenters. The molecule has 1 aromatic rings. The first-order valence-corrected chi connectivity index (χ1v) is 10.7. The standard InChI is InChI=1S/C21H33ClN4O2/c1-15-12-26(13-16(2)28-15)21(3,4)14-24-19-18(22)10-17(11-23-19)20(27)25-8-6-5-7-9-25/h10-11,15-16H,5-9,12-14H2,1-4H3,(H,23,24). The number of anilines is 1. The molecule has 0 aromatic carbocycles. The van der Waals surface area contributed by atoms with E-state index in [0.29, 0.717) is 22.9 Å². The Morgan fingerprint density at radius 1 is 1.25 bits per heavy atom. The summed E-state index contributed by atoms with van der Waals surface area (Å²) in [5, 5.41) is 3.86. The number of hydrogen-bond acceptors (Lipinski definition) is 5. The van der Waals surface area contributed by atoms with Gasteiger partial charge in [-0.1, -0.05) is 11.6 Å². The number of nitrogens with one attached hydrogen (secondary N) is 1. The molecule has 2 fully saturated rings. The number of pyridine rings is 1. The van der Waals surface area contributed by atoms with Gasteiger partial charge in [0.2, 0.25) is 0 Å². The lowest BCUT2D eigenvalue weighted by Gasteiger charge is -2.45. The van der Waals surface area contributed by atoms with Gasteiger partial charge in [0, 0.05) is 44.5 Å². The van der Waals surface area contributed by atoms with E-state index in [4.69, 9.17) is 16.3 Å². The molecule has 2 aliphatic rings. The molecule has 0 bridgehead atoms. The van der Waals surface area contributed by atoms with Crippen molar-refractivity contribution >= 4 is 23.3 Å². The summed E-state index contributed by atoms with van der Waals surface area (Å²) in [6.07, 6.45) is 5.43. The average molecular weight is 409 g/mol. The summed E-state index contributed by atoms with van der Waals surface area (Å²) in [5.74, 6) is 0.650. The minimum Gasteiger partial charge on any atom is -0.373 e. The predicted octanol–water partition coefficient (Wildman–Crippen LogP) is 3.66. The fourth-order valence-corrected chi connectivity index (χ4v) is 4.28. The zero-order valence-electron chi connectivity index (χ0n) is 17.5. The van der Waals surface area contributed by atoms with E-state index in [1.807, 2.05) is 4.90 Å². The highest BCUT2D eigenvalue weighted by molar-refractivity contribution is 6.33. The fourth-order valence-electron chi connectivity index (χ4n) is 4.05. The highest BCUT2D eigenvalue weighted by Gasteiger charge is 2.33. The summed E-state index contributed by atoms with van der Waals surface area (Å²) in [6.45, 7) is 12.8. The van der Waals surface area contributed by atoms with Crippen LogP contribution < -0.4 is 5.32 Å². The smallest absolute Gasteiger partial charge is 0.255 e. The van der Waals surface area contributed by atoms with Gasteiger partial charge in [0.05, 0.1) is 22.8 Å². The number of carbonyl (C=O) groups excluding carboxylic acids is 1. The third kappa shape index (κ3) is 5.16. The lowest BCUT2D eigenvalue weighted by Crippen LogP contribution is -2.57. The third-order valence-corrected chi connectivity index (χ3v) is 5.98. The molecule has 0 radical (unpaired) electrons. The van der Waals surface area contributed by atoms with E-state index in [-0.39, 0.29) is 23.7 Å². The van der Waals surface area contributed by atoms with Crippen molar-refractivity contribution in [3.8, 4) is 0 Å². The molecule has 1 N–H and O–H groups in total. The number of aromatic nitrogens is 1. The van der Waals surface area contributed by atoms with Crippen molar-refractivity contribution in [2.24, 2.45) is 0 Å². The number of carbonyl (C=O) groups is 1. The van der Waals surface area contributed by atoms with E-state index in [9.17, 15) is 4.79 Å². The molecule has 0 saturated carbocycles. The zero-order valence-corrected chi connectivity index (χ0v) is 18.3. The summed E-state index contributed by atoms with van der Waals surface area (Å²) in [7, 11) is 0. The fraction of sp³-hybridized carbons (Fsp3) is 0.714. The van der Waals surface area contributed by atoms with Gasteiger partial charge in [0.15, 0.2) is 0 Å². The van der Waals surface area contributed by atoms with E-state index in [1.54, 1.807) is 12.3 Å². The second kappa shape index (κ2) is 8.97. The van der Waals surface area contributed by atoms with E-state index >= 15 is 0 Å². The molecule has 0 spiro atoms. The Hall–Kier alpha value is -1.37. The summed E-state index contributed by atoms with van der Waals surface area (Å²) in [6, 6.07) is 1.74. The Labute approximate surface area is 173 Å². The number of nitrogens with zero attached hydrogens (tertiary/aromatic N) is 3. The summed E-state index contributed by atoms with van der Waals surface area (Å²) in [5.41, 5.74) is 0.493. The molecule has 156 valence electrons. The van der Waals surface area contributed by atoms with Gasteiger partial charge in [0.1, 0.15) is 5.82 Å². The Morgan fingerprint density at radius 3 is 2.50 bits per heavy atom. The van der Waals surface area contributed by atoms with Gasteiger partial charge in [0.25, 0.3) is 5.91 Å². The summed E-state index contributed by atoms with van der Waals surface area (Å²) in [4.78, 5) is 21.4. The lowest BCUT2D eigenvalue weighted by molar-refractivity contribution is -0.0933. The first-order chi connectivity index (χ1) is 13.3. The van der Waals surface area contributed by atoms with Gasteiger partial charge >= 0.3 is 0 Å². The number of ether oxygens (including phenoxy) is 1. The van der Waals surface area contributed by atoms with Crippen molar-refractivity contribution in [3.05, 3.63) is 22.8 Å². The maximum Gasteiger partial charge on any atom is 0.255 e. The molecule has 1 aromatic heterocycles. The summed E-state index contributed by atoms with van der Waals surface area (Å²) < 4.78 is 5.85. The van der Waals surface area contributed by atoms with Crippen LogP contribution in [0.25, 0.3) is 0 Å². The molecule has 2 saturated heterocycles. The third-order valence-electron chi connectivity index (χ3n) is 5.70. The molecule has 3 rings (SSSR count). The predicted molar refractivity (Wildman–Crippen MR) is 113 cm³/mol. The SMILES string of the molecule is CC1CN(C(C)(C)CNc2ncc(C(=O)N3CCCCC3)cc2Cl)CC(C)O1. The molecule has 3 heterocycles. The topological polar surface area (TPSA) is 57.7 Å². The number of hydrogen-bond donors (Lipinski definition) is 1. The van der Waals surface area contributed by atoms with E-state index in [1.165, 1.54) is 6.42 Å². The van der Waals surface area contributed by atoms with Gasteiger partial charge in [-0.2, -0.15) is 0 Å². The Kier molecular flexibility index (Phi) is 6.84. The van der Waals surface area contributed by atoms with Crippen molar-refractivity contribution < 1.29 is 9.53 Å². The number of halogens is 1. The first kappa shape index (κ1) is 21.3. The highest BCUT2D eigenvalue weighted by Crippen LogP contribution is 2.25. The average Bonchev–Trinajstić information content (AvgIpc) is 2.66. The Bertz CT molecular complexity index is 681. The van der Waals surface area contributed by atoms with Crippen molar-refractivity contribution in [1.82, 2.24) is 14.8 Å². The number of amides is 1. The molecule has 6 nitrogen and oxygen atoms in total. The molecule has 28 heavy (non-hydrogen) atoms. The summed E-state index contributed by atoms with van der Waals surface area (Å²) >= 11 is 6.44. The zero-order chi connectivity index (χ0) is 20.3. The number of piperidine rings is 1. The van der Waals surface area contributed by atoms with E-state index < -0.39 is 0 Å². The lowest BCUT2D eigenvalue weighted by atomic mass is 10.00. The number of morpholine rings is 1. The van der Waals surface area contributed by atoms with Crippen LogP contribution in [0.15, 0.2) is 12.3 Å². The maximum absolute atomic E-state index is 12.6. The van der Waals surface area contributed by atoms with Crippen LogP contribution >= 0.6 is 11.6 Å². The monoisotopic (exact) mass is 408 g/mol. The van der Waals surface area contributed by atoms with Crippen LogP contribution in [0.4, 0.5) is 5.82 Å². The Morgan fingerprint density at radius 2 is 1.89 bits per heavy atom. The molecule has 0 aliphatic carbocycles. The van der Waals surface area contributed by atoms with Crippen molar-refractivity contribution in [2.45, 2.75) is 64.7 Å². The molecular weight excluding hydrogens is 376 g/mol. The van der Waals surface area contributed by atoms with Crippen LogP contribution in [0.1, 0.15) is 57.3 Å².